The first kappa shape index (κ1) is 13.3. The second-order valence-corrected chi connectivity index (χ2v) is 3.58. The normalized spacial score (nSPS) is 11.1. The van der Waals surface area contributed by atoms with E-state index in [4.69, 9.17) is 4.74 Å². The van der Waals surface area contributed by atoms with Crippen molar-refractivity contribution in [1.82, 2.24) is 5.32 Å². The summed E-state index contributed by atoms with van der Waals surface area (Å²) in [5, 5.41) is 2.82. The Morgan fingerprint density at radius 3 is 2.65 bits per heavy atom. The maximum Gasteiger partial charge on any atom is 0.246 e. The SMILES string of the molecule is CC=C(CC)C(=O)NCCOc1ccccc1. The van der Waals surface area contributed by atoms with E-state index in [1.165, 1.54) is 0 Å². The van der Waals surface area contributed by atoms with Crippen LogP contribution in [0.25, 0.3) is 0 Å². The van der Waals surface area contributed by atoms with Crippen molar-refractivity contribution in [2.75, 3.05) is 13.2 Å². The van der Waals surface area contributed by atoms with Crippen LogP contribution in [0.3, 0.4) is 0 Å². The Labute approximate surface area is 102 Å². The zero-order chi connectivity index (χ0) is 12.5. The molecule has 92 valence electrons. The highest BCUT2D eigenvalue weighted by atomic mass is 16.5. The molecule has 0 unspecified atom stereocenters. The van der Waals surface area contributed by atoms with Gasteiger partial charge in [0.2, 0.25) is 5.91 Å². The average molecular weight is 233 g/mol. The number of carbonyl (C=O) groups is 1. The van der Waals surface area contributed by atoms with E-state index in [9.17, 15) is 4.79 Å². The maximum absolute atomic E-state index is 11.6. The van der Waals surface area contributed by atoms with E-state index < -0.39 is 0 Å². The van der Waals surface area contributed by atoms with Gasteiger partial charge in [0.05, 0.1) is 6.54 Å². The van der Waals surface area contributed by atoms with E-state index in [0.717, 1.165) is 17.7 Å². The molecule has 0 aliphatic carbocycles. The first-order chi connectivity index (χ1) is 8.27. The number of para-hydroxylation sites is 1. The molecule has 1 amide bonds. The molecule has 0 fully saturated rings. The molecular formula is C14H19NO2. The summed E-state index contributed by atoms with van der Waals surface area (Å²) >= 11 is 0. The number of nitrogens with one attached hydrogen (secondary N) is 1. The first-order valence-electron chi connectivity index (χ1n) is 5.89. The lowest BCUT2D eigenvalue weighted by Crippen LogP contribution is -2.29. The van der Waals surface area contributed by atoms with Crippen LogP contribution in [-0.2, 0) is 4.79 Å². The third-order valence-corrected chi connectivity index (χ3v) is 2.42. The van der Waals surface area contributed by atoms with Gasteiger partial charge in [-0.15, -0.1) is 0 Å². The molecule has 17 heavy (non-hydrogen) atoms. The minimum atomic E-state index is -0.00772. The highest BCUT2D eigenvalue weighted by molar-refractivity contribution is 5.93. The maximum atomic E-state index is 11.6. The molecule has 3 nitrogen and oxygen atoms in total. The number of hydrogen-bond donors (Lipinski definition) is 1. The lowest BCUT2D eigenvalue weighted by atomic mass is 10.2. The zero-order valence-electron chi connectivity index (χ0n) is 10.4. The van der Waals surface area contributed by atoms with E-state index in [2.05, 4.69) is 5.32 Å². The van der Waals surface area contributed by atoms with Gasteiger partial charge in [-0.1, -0.05) is 31.2 Å². The quantitative estimate of drug-likeness (QED) is 0.605. The van der Waals surface area contributed by atoms with Crippen LogP contribution in [-0.4, -0.2) is 19.1 Å². The molecule has 0 aromatic heterocycles. The van der Waals surface area contributed by atoms with E-state index in [1.54, 1.807) is 0 Å². The Morgan fingerprint density at radius 2 is 2.06 bits per heavy atom. The number of amides is 1. The number of carbonyl (C=O) groups excluding carboxylic acids is 1. The molecule has 0 spiro atoms. The van der Waals surface area contributed by atoms with Crippen LogP contribution in [0, 0.1) is 0 Å². The van der Waals surface area contributed by atoms with E-state index in [-0.39, 0.29) is 5.91 Å². The topological polar surface area (TPSA) is 38.3 Å². The van der Waals surface area contributed by atoms with E-state index in [1.807, 2.05) is 50.3 Å². The second kappa shape index (κ2) is 7.49. The van der Waals surface area contributed by atoms with Crippen molar-refractivity contribution >= 4 is 5.91 Å². The first-order valence-corrected chi connectivity index (χ1v) is 5.89. The Morgan fingerprint density at radius 1 is 1.35 bits per heavy atom. The number of rotatable bonds is 6. The van der Waals surface area contributed by atoms with Gasteiger partial charge in [-0.3, -0.25) is 4.79 Å². The van der Waals surface area contributed by atoms with Crippen molar-refractivity contribution in [3.05, 3.63) is 42.0 Å². The Kier molecular flexibility index (Phi) is 5.86. The second-order valence-electron chi connectivity index (χ2n) is 3.58. The molecule has 0 atom stereocenters. The lowest BCUT2D eigenvalue weighted by Gasteiger charge is -2.08. The molecule has 0 heterocycles. The van der Waals surface area contributed by atoms with Gasteiger partial charge in [0, 0.05) is 5.57 Å². The summed E-state index contributed by atoms with van der Waals surface area (Å²) in [4.78, 5) is 11.6. The summed E-state index contributed by atoms with van der Waals surface area (Å²) in [5.74, 6) is 0.815. The Balaban J connectivity index is 2.23. The molecular weight excluding hydrogens is 214 g/mol. The van der Waals surface area contributed by atoms with Crippen molar-refractivity contribution in [3.63, 3.8) is 0 Å². The predicted molar refractivity (Wildman–Crippen MR) is 69.0 cm³/mol. The molecule has 3 heteroatoms. The van der Waals surface area contributed by atoms with Crippen LogP contribution >= 0.6 is 0 Å². The van der Waals surface area contributed by atoms with Crippen molar-refractivity contribution in [2.24, 2.45) is 0 Å². The number of hydrogen-bond acceptors (Lipinski definition) is 2. The van der Waals surface area contributed by atoms with Gasteiger partial charge in [-0.25, -0.2) is 0 Å². The molecule has 0 saturated heterocycles. The zero-order valence-corrected chi connectivity index (χ0v) is 10.4. The van der Waals surface area contributed by atoms with Crippen molar-refractivity contribution in [3.8, 4) is 5.75 Å². The highest BCUT2D eigenvalue weighted by Gasteiger charge is 2.04. The van der Waals surface area contributed by atoms with Crippen molar-refractivity contribution < 1.29 is 9.53 Å². The van der Waals surface area contributed by atoms with Gasteiger partial charge >= 0.3 is 0 Å². The molecule has 0 saturated carbocycles. The summed E-state index contributed by atoms with van der Waals surface area (Å²) in [5.41, 5.74) is 0.810. The number of allylic oxidation sites excluding steroid dienone is 1. The van der Waals surface area contributed by atoms with Crippen LogP contribution in [0.1, 0.15) is 20.3 Å². The van der Waals surface area contributed by atoms with Crippen molar-refractivity contribution in [1.29, 1.82) is 0 Å². The summed E-state index contributed by atoms with van der Waals surface area (Å²) in [6.45, 7) is 4.84. The predicted octanol–water partition coefficient (Wildman–Crippen LogP) is 2.54. The molecule has 0 aliphatic rings. The van der Waals surface area contributed by atoms with Gasteiger partial charge in [-0.2, -0.15) is 0 Å². The number of ether oxygens (including phenoxy) is 1. The summed E-state index contributed by atoms with van der Waals surface area (Å²) in [6.07, 6.45) is 2.59. The van der Waals surface area contributed by atoms with Crippen LogP contribution in [0.15, 0.2) is 42.0 Å². The van der Waals surface area contributed by atoms with Gasteiger partial charge in [0.1, 0.15) is 12.4 Å². The fraction of sp³-hybridized carbons (Fsp3) is 0.357. The Hall–Kier alpha value is -1.77. The van der Waals surface area contributed by atoms with Gasteiger partial charge in [0.25, 0.3) is 0 Å². The smallest absolute Gasteiger partial charge is 0.246 e. The molecule has 0 radical (unpaired) electrons. The molecule has 1 rings (SSSR count). The summed E-state index contributed by atoms with van der Waals surface area (Å²) in [7, 11) is 0. The molecule has 1 aromatic rings. The minimum absolute atomic E-state index is 0.00772. The molecule has 1 aromatic carbocycles. The average Bonchev–Trinajstić information content (AvgIpc) is 2.37. The van der Waals surface area contributed by atoms with Gasteiger partial charge < -0.3 is 10.1 Å². The van der Waals surface area contributed by atoms with E-state index in [0.29, 0.717) is 13.2 Å². The van der Waals surface area contributed by atoms with Gasteiger partial charge in [-0.05, 0) is 25.5 Å². The van der Waals surface area contributed by atoms with Crippen LogP contribution in [0.4, 0.5) is 0 Å². The highest BCUT2D eigenvalue weighted by Crippen LogP contribution is 2.07. The third kappa shape index (κ3) is 4.72. The third-order valence-electron chi connectivity index (χ3n) is 2.42. The van der Waals surface area contributed by atoms with Crippen LogP contribution in [0.2, 0.25) is 0 Å². The van der Waals surface area contributed by atoms with Crippen LogP contribution in [0.5, 0.6) is 5.75 Å². The van der Waals surface area contributed by atoms with E-state index >= 15 is 0 Å². The standard InChI is InChI=1S/C14H19NO2/c1-3-12(4-2)14(16)15-10-11-17-13-8-6-5-7-9-13/h3,5-9H,4,10-11H2,1-2H3,(H,15,16). The Bertz CT molecular complexity index is 371. The molecule has 0 aliphatic heterocycles. The monoisotopic (exact) mass is 233 g/mol. The fourth-order valence-electron chi connectivity index (χ4n) is 1.46. The minimum Gasteiger partial charge on any atom is -0.492 e. The van der Waals surface area contributed by atoms with Crippen molar-refractivity contribution in [2.45, 2.75) is 20.3 Å². The van der Waals surface area contributed by atoms with Gasteiger partial charge in [0.15, 0.2) is 0 Å². The molecule has 1 N–H and O–H groups in total. The number of benzene rings is 1. The summed E-state index contributed by atoms with van der Waals surface area (Å²) in [6, 6.07) is 9.57. The largest absolute Gasteiger partial charge is 0.492 e. The molecule has 0 bridgehead atoms. The lowest BCUT2D eigenvalue weighted by molar-refractivity contribution is -0.117. The fourth-order valence-corrected chi connectivity index (χ4v) is 1.46. The summed E-state index contributed by atoms with van der Waals surface area (Å²) < 4.78 is 5.47. The van der Waals surface area contributed by atoms with Crippen LogP contribution < -0.4 is 10.1 Å².